The van der Waals surface area contributed by atoms with E-state index in [1.165, 1.54) is 13.2 Å². The van der Waals surface area contributed by atoms with Crippen LogP contribution in [0.15, 0.2) is 42.5 Å². The first-order valence-corrected chi connectivity index (χ1v) is 7.71. The van der Waals surface area contributed by atoms with E-state index in [1.54, 1.807) is 30.3 Å². The van der Waals surface area contributed by atoms with Crippen LogP contribution < -0.4 is 14.6 Å². The Morgan fingerprint density at radius 2 is 1.80 bits per heavy atom. The SMILES string of the molecule is COc1cc(/C=C/C(=O)c2ccc(C)c(C)c2)ccc1OCC(=O)[O-]. The number of carboxylic acid groups (broad SMARTS) is 1. The second-order valence-electron chi connectivity index (χ2n) is 5.57. The Morgan fingerprint density at radius 3 is 2.44 bits per heavy atom. The molecule has 0 atom stereocenters. The van der Waals surface area contributed by atoms with Gasteiger partial charge in [-0.3, -0.25) is 4.79 Å². The number of methoxy groups -OCH3 is 1. The normalized spacial score (nSPS) is 10.7. The summed E-state index contributed by atoms with van der Waals surface area (Å²) >= 11 is 0. The summed E-state index contributed by atoms with van der Waals surface area (Å²) < 4.78 is 10.3. The molecule has 130 valence electrons. The van der Waals surface area contributed by atoms with Crippen molar-refractivity contribution in [1.82, 2.24) is 0 Å². The summed E-state index contributed by atoms with van der Waals surface area (Å²) in [5.41, 5.74) is 3.56. The number of carbonyl (C=O) groups is 2. The van der Waals surface area contributed by atoms with Gasteiger partial charge in [0.1, 0.15) is 6.61 Å². The molecule has 2 aromatic rings. The van der Waals surface area contributed by atoms with Crippen molar-refractivity contribution >= 4 is 17.8 Å². The monoisotopic (exact) mass is 339 g/mol. The van der Waals surface area contributed by atoms with Crippen molar-refractivity contribution in [3.63, 3.8) is 0 Å². The van der Waals surface area contributed by atoms with E-state index in [2.05, 4.69) is 0 Å². The first-order chi connectivity index (χ1) is 11.9. The van der Waals surface area contributed by atoms with E-state index in [4.69, 9.17) is 9.47 Å². The van der Waals surface area contributed by atoms with Gasteiger partial charge in [-0.2, -0.15) is 0 Å². The van der Waals surface area contributed by atoms with E-state index in [9.17, 15) is 14.7 Å². The van der Waals surface area contributed by atoms with Gasteiger partial charge in [0.25, 0.3) is 0 Å². The largest absolute Gasteiger partial charge is 0.546 e. The third-order valence-corrected chi connectivity index (χ3v) is 3.75. The lowest BCUT2D eigenvalue weighted by Gasteiger charge is -2.11. The number of ketones is 1. The van der Waals surface area contributed by atoms with Gasteiger partial charge in [-0.25, -0.2) is 0 Å². The molecule has 0 fully saturated rings. The minimum atomic E-state index is -1.31. The van der Waals surface area contributed by atoms with Crippen molar-refractivity contribution in [2.45, 2.75) is 13.8 Å². The molecule has 5 heteroatoms. The van der Waals surface area contributed by atoms with Gasteiger partial charge in [-0.15, -0.1) is 0 Å². The Morgan fingerprint density at radius 1 is 1.04 bits per heavy atom. The summed E-state index contributed by atoms with van der Waals surface area (Å²) in [6, 6.07) is 10.5. The Bertz CT molecular complexity index is 821. The molecule has 0 spiro atoms. The molecule has 0 bridgehead atoms. The van der Waals surface area contributed by atoms with Crippen LogP contribution in [-0.4, -0.2) is 25.5 Å². The predicted molar refractivity (Wildman–Crippen MR) is 92.8 cm³/mol. The van der Waals surface area contributed by atoms with Gasteiger partial charge in [0.15, 0.2) is 17.3 Å². The molecule has 0 saturated carbocycles. The molecule has 0 amide bonds. The Kier molecular flexibility index (Phi) is 5.95. The highest BCUT2D eigenvalue weighted by atomic mass is 16.5. The van der Waals surface area contributed by atoms with Crippen molar-refractivity contribution in [3.05, 3.63) is 64.7 Å². The minimum Gasteiger partial charge on any atom is -0.546 e. The minimum absolute atomic E-state index is 0.0978. The number of benzene rings is 2. The van der Waals surface area contributed by atoms with E-state index in [-0.39, 0.29) is 5.78 Å². The lowest BCUT2D eigenvalue weighted by molar-refractivity contribution is -0.307. The lowest BCUT2D eigenvalue weighted by atomic mass is 10.0. The molecule has 0 radical (unpaired) electrons. The molecule has 5 nitrogen and oxygen atoms in total. The molecule has 0 unspecified atom stereocenters. The molecule has 0 aromatic heterocycles. The maximum absolute atomic E-state index is 12.3. The highest BCUT2D eigenvalue weighted by Crippen LogP contribution is 2.28. The molecular formula is C20H19O5-. The zero-order chi connectivity index (χ0) is 18.4. The van der Waals surface area contributed by atoms with Crippen molar-refractivity contribution in [1.29, 1.82) is 0 Å². The molecule has 0 aliphatic carbocycles. The highest BCUT2D eigenvalue weighted by Gasteiger charge is 2.06. The molecule has 2 aromatic carbocycles. The zero-order valence-electron chi connectivity index (χ0n) is 14.4. The van der Waals surface area contributed by atoms with Crippen molar-refractivity contribution in [2.75, 3.05) is 13.7 Å². The Balaban J connectivity index is 2.15. The van der Waals surface area contributed by atoms with Crippen molar-refractivity contribution in [2.24, 2.45) is 0 Å². The van der Waals surface area contributed by atoms with Crippen LogP contribution >= 0.6 is 0 Å². The maximum atomic E-state index is 12.3. The number of ether oxygens (including phenoxy) is 2. The first kappa shape index (κ1) is 18.3. The quantitative estimate of drug-likeness (QED) is 0.572. The molecule has 25 heavy (non-hydrogen) atoms. The van der Waals surface area contributed by atoms with Crippen LogP contribution in [0.4, 0.5) is 0 Å². The summed E-state index contributed by atoms with van der Waals surface area (Å²) in [4.78, 5) is 22.7. The van der Waals surface area contributed by atoms with Gasteiger partial charge >= 0.3 is 0 Å². The maximum Gasteiger partial charge on any atom is 0.185 e. The lowest BCUT2D eigenvalue weighted by Crippen LogP contribution is -2.29. The first-order valence-electron chi connectivity index (χ1n) is 7.71. The molecule has 0 N–H and O–H groups in total. The number of carbonyl (C=O) groups excluding carboxylic acids is 2. The smallest absolute Gasteiger partial charge is 0.185 e. The summed E-state index contributed by atoms with van der Waals surface area (Å²) in [5, 5.41) is 10.5. The Hall–Kier alpha value is -3.08. The van der Waals surface area contributed by atoms with Gasteiger partial charge in [0.05, 0.1) is 13.1 Å². The van der Waals surface area contributed by atoms with Gasteiger partial charge in [0.2, 0.25) is 0 Å². The predicted octanol–water partition coefficient (Wildman–Crippen LogP) is 2.34. The van der Waals surface area contributed by atoms with Crippen LogP contribution in [0.5, 0.6) is 11.5 Å². The average molecular weight is 339 g/mol. The number of hydrogen-bond donors (Lipinski definition) is 0. The molecule has 0 saturated heterocycles. The van der Waals surface area contributed by atoms with E-state index >= 15 is 0 Å². The van der Waals surface area contributed by atoms with E-state index in [0.717, 1.165) is 16.7 Å². The van der Waals surface area contributed by atoms with Gasteiger partial charge in [0, 0.05) is 5.56 Å². The Labute approximate surface area is 146 Å². The fourth-order valence-electron chi connectivity index (χ4n) is 2.21. The number of aliphatic carboxylic acids is 1. The third kappa shape index (κ3) is 4.94. The van der Waals surface area contributed by atoms with Crippen LogP contribution in [0.25, 0.3) is 6.08 Å². The fraction of sp³-hybridized carbons (Fsp3) is 0.200. The van der Waals surface area contributed by atoms with Crippen LogP contribution in [0.3, 0.4) is 0 Å². The zero-order valence-corrected chi connectivity index (χ0v) is 14.4. The van der Waals surface area contributed by atoms with E-state index in [1.807, 2.05) is 26.0 Å². The summed E-state index contributed by atoms with van der Waals surface area (Å²) in [7, 11) is 1.45. The van der Waals surface area contributed by atoms with Crippen LogP contribution in [0.1, 0.15) is 27.0 Å². The van der Waals surface area contributed by atoms with E-state index < -0.39 is 12.6 Å². The average Bonchev–Trinajstić information content (AvgIpc) is 2.60. The van der Waals surface area contributed by atoms with Gasteiger partial charge < -0.3 is 19.4 Å². The van der Waals surface area contributed by atoms with Gasteiger partial charge in [-0.1, -0.05) is 24.3 Å². The number of allylic oxidation sites excluding steroid dienone is 1. The number of aryl methyl sites for hydroxylation is 2. The molecule has 0 aliphatic rings. The number of hydrogen-bond acceptors (Lipinski definition) is 5. The van der Waals surface area contributed by atoms with Crippen molar-refractivity contribution < 1.29 is 24.2 Å². The second-order valence-corrected chi connectivity index (χ2v) is 5.57. The highest BCUT2D eigenvalue weighted by molar-refractivity contribution is 6.07. The topological polar surface area (TPSA) is 75.7 Å². The van der Waals surface area contributed by atoms with Crippen molar-refractivity contribution in [3.8, 4) is 11.5 Å². The summed E-state index contributed by atoms with van der Waals surface area (Å²) in [6.45, 7) is 3.40. The second kappa shape index (κ2) is 8.15. The molecule has 0 heterocycles. The standard InChI is InChI=1S/C20H20O5/c1-13-4-7-16(10-14(13)2)17(21)8-5-15-6-9-18(19(11-15)24-3)25-12-20(22)23/h4-11H,12H2,1-3H3,(H,22,23)/p-1/b8-5+. The third-order valence-electron chi connectivity index (χ3n) is 3.75. The van der Waals surface area contributed by atoms with Gasteiger partial charge in [-0.05, 0) is 54.8 Å². The fourth-order valence-corrected chi connectivity index (χ4v) is 2.21. The number of carboxylic acids is 1. The summed E-state index contributed by atoms with van der Waals surface area (Å²) in [5.74, 6) is -0.740. The molecule has 2 rings (SSSR count). The number of rotatable bonds is 7. The molecular weight excluding hydrogens is 320 g/mol. The summed E-state index contributed by atoms with van der Waals surface area (Å²) in [6.07, 6.45) is 3.16. The van der Waals surface area contributed by atoms with E-state index in [0.29, 0.717) is 17.1 Å². The van der Waals surface area contributed by atoms with Crippen LogP contribution in [-0.2, 0) is 4.79 Å². The molecule has 0 aliphatic heterocycles. The van der Waals surface area contributed by atoms with Crippen LogP contribution in [0.2, 0.25) is 0 Å². The van der Waals surface area contributed by atoms with Crippen LogP contribution in [0, 0.1) is 13.8 Å².